The van der Waals surface area contributed by atoms with Gasteiger partial charge in [-0.3, -0.25) is 9.59 Å². The zero-order valence-electron chi connectivity index (χ0n) is 16.6. The Balaban J connectivity index is 1.40. The lowest BCUT2D eigenvalue weighted by Gasteiger charge is -2.07. The fraction of sp³-hybridized carbons (Fsp3) is 0. The Morgan fingerprint density at radius 3 is 1.45 bits per heavy atom. The van der Waals surface area contributed by atoms with Gasteiger partial charge in [-0.2, -0.15) is 0 Å². The van der Waals surface area contributed by atoms with Gasteiger partial charge in [0, 0.05) is 22.3 Å². The first-order chi connectivity index (χ1) is 15.2. The molecule has 4 aromatic carbocycles. The number of Topliss-reactive ketones (excluding diaryl/α,β-unsaturated/α-hetero) is 2. The number of carbonyl (C=O) groups is 2. The van der Waals surface area contributed by atoms with E-state index < -0.39 is 11.6 Å². The van der Waals surface area contributed by atoms with Crippen molar-refractivity contribution >= 4 is 11.6 Å². The van der Waals surface area contributed by atoms with Crippen molar-refractivity contribution in [2.75, 3.05) is 0 Å². The number of rotatable bonds is 5. The van der Waals surface area contributed by atoms with Gasteiger partial charge in [-0.25, -0.2) is 0 Å². The number of hydrogen-bond acceptors (Lipinski definition) is 3. The van der Waals surface area contributed by atoms with Crippen LogP contribution in [-0.2, 0) is 0 Å². The van der Waals surface area contributed by atoms with Gasteiger partial charge < -0.3 is 4.74 Å². The molecule has 0 N–H and O–H groups in total. The molecule has 0 amide bonds. The molecule has 0 heterocycles. The molecule has 0 aliphatic rings. The van der Waals surface area contributed by atoms with Crippen molar-refractivity contribution < 1.29 is 14.3 Å². The largest absolute Gasteiger partial charge is 0.457 e. The molecule has 0 fully saturated rings. The molecule has 31 heavy (non-hydrogen) atoms. The van der Waals surface area contributed by atoms with Crippen molar-refractivity contribution in [3.63, 3.8) is 0 Å². The maximum absolute atomic E-state index is 12.4. The lowest BCUT2D eigenvalue weighted by Crippen LogP contribution is -2.14. The SMILES string of the molecule is O=C(C(=O)c1ccc(Oc2ccc(C#Cc3ccccc3)cc2)cc1)c1ccccc1. The number of ether oxygens (including phenoxy) is 1. The van der Waals surface area contributed by atoms with E-state index in [-0.39, 0.29) is 0 Å². The fourth-order valence-electron chi connectivity index (χ4n) is 2.93. The molecule has 0 radical (unpaired) electrons. The van der Waals surface area contributed by atoms with Gasteiger partial charge in [-0.15, -0.1) is 0 Å². The van der Waals surface area contributed by atoms with Crippen LogP contribution in [0.3, 0.4) is 0 Å². The summed E-state index contributed by atoms with van der Waals surface area (Å²) < 4.78 is 5.83. The third-order valence-electron chi connectivity index (χ3n) is 4.57. The second-order valence-corrected chi connectivity index (χ2v) is 6.79. The minimum atomic E-state index is -0.543. The standard InChI is InChI=1S/C28H18O3/c29-27(23-9-5-2-6-10-23)28(30)24-15-19-26(20-16-24)31-25-17-13-22(14-18-25)12-11-21-7-3-1-4-8-21/h1-10,13-20H. The maximum Gasteiger partial charge on any atom is 0.233 e. The smallest absolute Gasteiger partial charge is 0.233 e. The van der Waals surface area contributed by atoms with E-state index in [1.807, 2.05) is 54.6 Å². The zero-order valence-corrected chi connectivity index (χ0v) is 16.6. The van der Waals surface area contributed by atoms with Crippen LogP contribution in [0.4, 0.5) is 0 Å². The van der Waals surface area contributed by atoms with Gasteiger partial charge in [0.15, 0.2) is 0 Å². The number of ketones is 2. The van der Waals surface area contributed by atoms with E-state index in [1.165, 1.54) is 0 Å². The first-order valence-electron chi connectivity index (χ1n) is 9.78. The Morgan fingerprint density at radius 1 is 0.484 bits per heavy atom. The van der Waals surface area contributed by atoms with Gasteiger partial charge in [0.05, 0.1) is 0 Å². The Bertz CT molecular complexity index is 1250. The third kappa shape index (κ3) is 5.14. The third-order valence-corrected chi connectivity index (χ3v) is 4.57. The lowest BCUT2D eigenvalue weighted by molar-refractivity contribution is 0.0817. The summed E-state index contributed by atoms with van der Waals surface area (Å²) in [5.41, 5.74) is 2.55. The van der Waals surface area contributed by atoms with Gasteiger partial charge in [-0.1, -0.05) is 60.4 Å². The minimum Gasteiger partial charge on any atom is -0.457 e. The summed E-state index contributed by atoms with van der Waals surface area (Å²) in [5, 5.41) is 0. The molecule has 4 rings (SSSR count). The molecule has 4 aromatic rings. The topological polar surface area (TPSA) is 43.4 Å². The quantitative estimate of drug-likeness (QED) is 0.236. The monoisotopic (exact) mass is 402 g/mol. The van der Waals surface area contributed by atoms with E-state index in [2.05, 4.69) is 11.8 Å². The van der Waals surface area contributed by atoms with Crippen LogP contribution in [0.25, 0.3) is 0 Å². The molecule has 3 nitrogen and oxygen atoms in total. The molecule has 0 bridgehead atoms. The first-order valence-corrected chi connectivity index (χ1v) is 9.78. The highest BCUT2D eigenvalue weighted by atomic mass is 16.5. The maximum atomic E-state index is 12.4. The molecule has 0 aliphatic heterocycles. The molecule has 0 aliphatic carbocycles. The predicted molar refractivity (Wildman–Crippen MR) is 120 cm³/mol. The summed E-state index contributed by atoms with van der Waals surface area (Å²) in [6.07, 6.45) is 0. The van der Waals surface area contributed by atoms with Crippen molar-refractivity contribution in [2.24, 2.45) is 0 Å². The van der Waals surface area contributed by atoms with Gasteiger partial charge >= 0.3 is 0 Å². The highest BCUT2D eigenvalue weighted by Crippen LogP contribution is 2.22. The van der Waals surface area contributed by atoms with Gasteiger partial charge in [0.25, 0.3) is 0 Å². The molecular weight excluding hydrogens is 384 g/mol. The summed E-state index contributed by atoms with van der Waals surface area (Å²) in [5.74, 6) is 6.40. The van der Waals surface area contributed by atoms with Crippen LogP contribution in [0.5, 0.6) is 11.5 Å². The van der Waals surface area contributed by atoms with E-state index in [0.29, 0.717) is 22.6 Å². The zero-order chi connectivity index (χ0) is 21.5. The summed E-state index contributed by atoms with van der Waals surface area (Å²) in [7, 11) is 0. The highest BCUT2D eigenvalue weighted by Gasteiger charge is 2.17. The van der Waals surface area contributed by atoms with Crippen LogP contribution in [0.2, 0.25) is 0 Å². The predicted octanol–water partition coefficient (Wildman–Crippen LogP) is 5.94. The second-order valence-electron chi connectivity index (χ2n) is 6.79. The molecule has 0 saturated heterocycles. The number of carbonyl (C=O) groups excluding carboxylic acids is 2. The summed E-state index contributed by atoms with van der Waals surface area (Å²) >= 11 is 0. The highest BCUT2D eigenvalue weighted by molar-refractivity contribution is 6.49. The number of benzene rings is 4. The summed E-state index contributed by atoms with van der Waals surface area (Å²) in [6, 6.07) is 32.3. The Kier molecular flexibility index (Phi) is 6.02. The molecule has 3 heteroatoms. The van der Waals surface area contributed by atoms with Crippen molar-refractivity contribution in [2.45, 2.75) is 0 Å². The Morgan fingerprint density at radius 2 is 0.903 bits per heavy atom. The molecule has 0 unspecified atom stereocenters. The first kappa shape index (κ1) is 19.9. The molecule has 0 spiro atoms. The normalized spacial score (nSPS) is 9.94. The average molecular weight is 402 g/mol. The van der Waals surface area contributed by atoms with Crippen LogP contribution in [0.15, 0.2) is 109 Å². The number of hydrogen-bond donors (Lipinski definition) is 0. The molecular formula is C28H18O3. The molecule has 0 atom stereocenters. The van der Waals surface area contributed by atoms with Crippen LogP contribution >= 0.6 is 0 Å². The van der Waals surface area contributed by atoms with Crippen molar-refractivity contribution in [3.8, 4) is 23.3 Å². The van der Waals surface area contributed by atoms with E-state index in [9.17, 15) is 9.59 Å². The van der Waals surface area contributed by atoms with Gasteiger partial charge in [0.1, 0.15) is 11.5 Å². The molecule has 0 saturated carbocycles. The van der Waals surface area contributed by atoms with Crippen LogP contribution in [-0.4, -0.2) is 11.6 Å². The lowest BCUT2D eigenvalue weighted by atomic mass is 10.0. The van der Waals surface area contributed by atoms with E-state index >= 15 is 0 Å². The van der Waals surface area contributed by atoms with Crippen molar-refractivity contribution in [3.05, 3.63) is 131 Å². The molecule has 148 valence electrons. The van der Waals surface area contributed by atoms with Crippen molar-refractivity contribution in [1.29, 1.82) is 0 Å². The molecule has 0 aromatic heterocycles. The average Bonchev–Trinajstić information content (AvgIpc) is 2.84. The van der Waals surface area contributed by atoms with Crippen LogP contribution in [0.1, 0.15) is 31.8 Å². The van der Waals surface area contributed by atoms with E-state index in [0.717, 1.165) is 11.1 Å². The van der Waals surface area contributed by atoms with E-state index in [1.54, 1.807) is 54.6 Å². The van der Waals surface area contributed by atoms with Gasteiger partial charge in [0.2, 0.25) is 11.6 Å². The van der Waals surface area contributed by atoms with Crippen LogP contribution < -0.4 is 4.74 Å². The van der Waals surface area contributed by atoms with Gasteiger partial charge in [-0.05, 0) is 60.7 Å². The fourth-order valence-corrected chi connectivity index (χ4v) is 2.93. The Hall–Kier alpha value is -4.42. The summed E-state index contributed by atoms with van der Waals surface area (Å²) in [4.78, 5) is 24.7. The van der Waals surface area contributed by atoms with Crippen LogP contribution in [0, 0.1) is 11.8 Å². The summed E-state index contributed by atoms with van der Waals surface area (Å²) in [6.45, 7) is 0. The van der Waals surface area contributed by atoms with E-state index in [4.69, 9.17) is 4.74 Å². The Labute approximate surface area is 180 Å². The van der Waals surface area contributed by atoms with Crippen molar-refractivity contribution in [1.82, 2.24) is 0 Å². The minimum absolute atomic E-state index is 0.327. The second kappa shape index (κ2) is 9.39.